The molecule has 0 aliphatic heterocycles. The van der Waals surface area contributed by atoms with Crippen molar-refractivity contribution < 1.29 is 57.2 Å². The predicted octanol–water partition coefficient (Wildman–Crippen LogP) is 10.9. The number of nitrogens with one attached hydrogen (secondary N) is 6. The van der Waals surface area contributed by atoms with Gasteiger partial charge in [0, 0.05) is 74.9 Å². The minimum Gasteiger partial charge on any atom is -0.487 e. The summed E-state index contributed by atoms with van der Waals surface area (Å²) in [5, 5.41) is 17.1. The summed E-state index contributed by atoms with van der Waals surface area (Å²) in [6.07, 6.45) is 0. The number of amides is 6. The van der Waals surface area contributed by atoms with Gasteiger partial charge in [0.1, 0.15) is 74.1 Å². The molecule has 7 aromatic carbocycles. The predicted molar refractivity (Wildman–Crippen MR) is 297 cm³/mol. The van der Waals surface area contributed by atoms with E-state index in [0.717, 1.165) is 0 Å². The molecule has 78 heavy (non-hydrogen) atoms. The fourth-order valence-corrected chi connectivity index (χ4v) is 8.35. The van der Waals surface area contributed by atoms with E-state index in [9.17, 15) is 28.8 Å². The fraction of sp³-hybridized carbons (Fsp3) is 0.200. The molecular formula is C60H60N6O12. The van der Waals surface area contributed by atoms with E-state index < -0.39 is 0 Å². The second kappa shape index (κ2) is 27.1. The minimum atomic E-state index is -0.327. The summed E-state index contributed by atoms with van der Waals surface area (Å²) >= 11 is 0. The Labute approximate surface area is 451 Å². The summed E-state index contributed by atoms with van der Waals surface area (Å²) in [5.74, 6) is -0.0178. The first-order chi connectivity index (χ1) is 37.6. The van der Waals surface area contributed by atoms with Gasteiger partial charge in [-0.25, -0.2) is 0 Å². The van der Waals surface area contributed by atoms with Crippen LogP contribution in [0.2, 0.25) is 0 Å². The second-order valence-corrected chi connectivity index (χ2v) is 17.7. The van der Waals surface area contributed by atoms with E-state index in [1.54, 1.807) is 146 Å². The molecule has 0 unspecified atom stereocenters. The molecule has 0 aliphatic rings. The van der Waals surface area contributed by atoms with Crippen LogP contribution in [-0.2, 0) is 68.4 Å². The van der Waals surface area contributed by atoms with Gasteiger partial charge in [0.2, 0.25) is 35.4 Å². The highest BCUT2D eigenvalue weighted by Crippen LogP contribution is 2.39. The highest BCUT2D eigenvalue weighted by atomic mass is 16.5. The van der Waals surface area contributed by atoms with Gasteiger partial charge in [-0.15, -0.1) is 0 Å². The third-order valence-electron chi connectivity index (χ3n) is 11.6. The largest absolute Gasteiger partial charge is 0.487 e. The Morgan fingerprint density at radius 1 is 0.244 bits per heavy atom. The molecule has 0 atom stereocenters. The van der Waals surface area contributed by atoms with Gasteiger partial charge in [-0.2, -0.15) is 0 Å². The maximum atomic E-state index is 12.5. The number of rotatable bonds is 24. The van der Waals surface area contributed by atoms with Crippen LogP contribution in [-0.4, -0.2) is 35.4 Å². The number of benzene rings is 7. The average Bonchev–Trinajstić information content (AvgIpc) is 3.40. The molecule has 18 nitrogen and oxygen atoms in total. The monoisotopic (exact) mass is 1060 g/mol. The summed E-state index contributed by atoms with van der Waals surface area (Å²) in [6, 6.07) is 41.7. The molecule has 0 saturated carbocycles. The van der Waals surface area contributed by atoms with E-state index in [1.165, 1.54) is 41.5 Å². The van der Waals surface area contributed by atoms with Crippen molar-refractivity contribution in [3.63, 3.8) is 0 Å². The third-order valence-corrected chi connectivity index (χ3v) is 11.6. The molecule has 0 aromatic heterocycles. The Kier molecular flexibility index (Phi) is 19.4. The van der Waals surface area contributed by atoms with Crippen LogP contribution in [0.4, 0.5) is 34.1 Å². The fourth-order valence-electron chi connectivity index (χ4n) is 8.35. The number of carbonyl (C=O) groups excluding carboxylic acids is 6. The number of ether oxygens (including phenoxy) is 6. The summed E-state index contributed by atoms with van der Waals surface area (Å²) in [5.41, 5.74) is 5.42. The zero-order valence-electron chi connectivity index (χ0n) is 44.0. The van der Waals surface area contributed by atoms with Gasteiger partial charge in [-0.1, -0.05) is 72.8 Å². The molecule has 0 heterocycles. The number of anilines is 6. The van der Waals surface area contributed by atoms with Crippen LogP contribution in [0.25, 0.3) is 0 Å². The molecule has 6 amide bonds. The van der Waals surface area contributed by atoms with Crippen molar-refractivity contribution in [3.05, 3.63) is 179 Å². The Morgan fingerprint density at radius 2 is 0.372 bits per heavy atom. The standard InChI is InChI=1S/C60H60N6O12/c1-37(67)61-49-19-7-13-25-55(49)73-31-43-44(32-74-56-26-14-8-20-50(56)62-38(2)68)46(34-76-58-28-16-10-22-52(58)64-40(4)70)48(36-78-60-30-18-12-24-54(60)66-42(6)72)47(35-77-59-29-17-11-23-53(59)65-41(5)71)45(43)33-75-57-27-15-9-21-51(57)63-39(3)69/h7-30H,31-36H2,1-6H3,(H,61,67)(H,62,68)(H,63,69)(H,64,70)(H,65,71)(H,66,72). The van der Waals surface area contributed by atoms with Crippen LogP contribution in [0.3, 0.4) is 0 Å². The smallest absolute Gasteiger partial charge is 0.221 e. The Hall–Kier alpha value is -9.84. The zero-order chi connectivity index (χ0) is 55.6. The third kappa shape index (κ3) is 15.6. The van der Waals surface area contributed by atoms with Gasteiger partial charge in [-0.05, 0) is 72.8 Å². The van der Waals surface area contributed by atoms with Crippen LogP contribution in [0.1, 0.15) is 74.9 Å². The molecule has 0 radical (unpaired) electrons. The van der Waals surface area contributed by atoms with Crippen molar-refractivity contribution in [3.8, 4) is 34.5 Å². The second-order valence-electron chi connectivity index (χ2n) is 17.7. The van der Waals surface area contributed by atoms with Crippen molar-refractivity contribution in [1.82, 2.24) is 0 Å². The quantitative estimate of drug-likeness (QED) is 0.0332. The molecular weight excluding hydrogens is 997 g/mol. The van der Waals surface area contributed by atoms with Crippen LogP contribution in [0.15, 0.2) is 146 Å². The first kappa shape index (κ1) is 55.9. The van der Waals surface area contributed by atoms with E-state index in [0.29, 0.717) is 102 Å². The Morgan fingerprint density at radius 3 is 0.500 bits per heavy atom. The topological polar surface area (TPSA) is 230 Å². The highest BCUT2D eigenvalue weighted by Gasteiger charge is 2.28. The number of para-hydroxylation sites is 12. The summed E-state index contributed by atoms with van der Waals surface area (Å²) in [6.45, 7) is 7.13. The van der Waals surface area contributed by atoms with E-state index in [4.69, 9.17) is 28.4 Å². The van der Waals surface area contributed by atoms with Crippen LogP contribution in [0.5, 0.6) is 34.5 Å². The van der Waals surface area contributed by atoms with Crippen molar-refractivity contribution in [2.24, 2.45) is 0 Å². The van der Waals surface area contributed by atoms with Crippen LogP contribution in [0, 0.1) is 0 Å². The lowest BCUT2D eigenvalue weighted by molar-refractivity contribution is -0.115. The molecule has 7 rings (SSSR count). The van der Waals surface area contributed by atoms with Gasteiger partial charge in [0.05, 0.1) is 34.1 Å². The molecule has 7 aromatic rings. The molecule has 0 fully saturated rings. The molecule has 6 N–H and O–H groups in total. The van der Waals surface area contributed by atoms with Gasteiger partial charge < -0.3 is 60.3 Å². The first-order valence-electron chi connectivity index (χ1n) is 24.8. The lowest BCUT2D eigenvalue weighted by Gasteiger charge is -2.28. The summed E-state index contributed by atoms with van der Waals surface area (Å²) in [7, 11) is 0. The van der Waals surface area contributed by atoms with Crippen LogP contribution >= 0.6 is 0 Å². The Balaban J connectivity index is 1.55. The van der Waals surface area contributed by atoms with E-state index >= 15 is 0 Å². The molecule has 0 aliphatic carbocycles. The molecule has 0 saturated heterocycles. The van der Waals surface area contributed by atoms with Crippen molar-refractivity contribution in [1.29, 1.82) is 0 Å². The SMILES string of the molecule is CC(=O)Nc1ccccc1OCc1c(COc2ccccc2NC(C)=O)c(COc2ccccc2NC(C)=O)c(COc2ccccc2NC(C)=O)c(COc2ccccc2NC(C)=O)c1COc1ccccc1NC(C)=O. The average molecular weight is 1060 g/mol. The molecule has 0 bridgehead atoms. The van der Waals surface area contributed by atoms with Crippen molar-refractivity contribution in [2.45, 2.75) is 81.2 Å². The number of carbonyl (C=O) groups is 6. The summed E-state index contributed by atoms with van der Waals surface area (Å²) in [4.78, 5) is 75.2. The minimum absolute atomic E-state index is 0.202. The highest BCUT2D eigenvalue weighted by molar-refractivity contribution is 5.93. The zero-order valence-corrected chi connectivity index (χ0v) is 44.0. The molecule has 18 heteroatoms. The van der Waals surface area contributed by atoms with E-state index in [-0.39, 0.29) is 75.1 Å². The molecule has 402 valence electrons. The van der Waals surface area contributed by atoms with Crippen molar-refractivity contribution in [2.75, 3.05) is 31.9 Å². The maximum absolute atomic E-state index is 12.5. The lowest BCUT2D eigenvalue weighted by Crippen LogP contribution is -2.22. The van der Waals surface area contributed by atoms with Gasteiger partial charge in [0.15, 0.2) is 0 Å². The van der Waals surface area contributed by atoms with Gasteiger partial charge in [-0.3, -0.25) is 28.8 Å². The lowest BCUT2D eigenvalue weighted by atomic mass is 9.87. The first-order valence-corrected chi connectivity index (χ1v) is 24.8. The number of hydrogen-bond donors (Lipinski definition) is 6. The maximum Gasteiger partial charge on any atom is 0.221 e. The normalized spacial score (nSPS) is 10.5. The van der Waals surface area contributed by atoms with Crippen molar-refractivity contribution >= 4 is 69.6 Å². The van der Waals surface area contributed by atoms with Gasteiger partial charge in [0.25, 0.3) is 0 Å². The van der Waals surface area contributed by atoms with E-state index in [2.05, 4.69) is 31.9 Å². The Bertz CT molecular complexity index is 2740. The molecule has 0 spiro atoms. The summed E-state index contributed by atoms with van der Waals surface area (Å²) < 4.78 is 40.5. The van der Waals surface area contributed by atoms with Crippen LogP contribution < -0.4 is 60.3 Å². The van der Waals surface area contributed by atoms with Gasteiger partial charge >= 0.3 is 0 Å². The number of hydrogen-bond acceptors (Lipinski definition) is 12. The van der Waals surface area contributed by atoms with E-state index in [1.807, 2.05) is 0 Å².